The second-order valence-electron chi connectivity index (χ2n) is 8.37. The summed E-state index contributed by atoms with van der Waals surface area (Å²) in [5, 5.41) is 3.46. The Bertz CT molecular complexity index is 674. The monoisotopic (exact) mass is 372 g/mol. The summed E-state index contributed by atoms with van der Waals surface area (Å²) in [5.41, 5.74) is 7.45. The van der Waals surface area contributed by atoms with E-state index in [0.717, 1.165) is 56.0 Å². The molecule has 0 spiro atoms. The Kier molecular flexibility index (Phi) is 5.59. The van der Waals surface area contributed by atoms with Gasteiger partial charge in [-0.2, -0.15) is 0 Å². The van der Waals surface area contributed by atoms with Crippen LogP contribution in [0, 0.1) is 12.8 Å². The number of hydrogen-bond acceptors (Lipinski definition) is 6. The predicted molar refractivity (Wildman–Crippen MR) is 105 cm³/mol. The Morgan fingerprint density at radius 2 is 1.96 bits per heavy atom. The summed E-state index contributed by atoms with van der Waals surface area (Å²) in [4.78, 5) is 24.5. The lowest BCUT2D eigenvalue weighted by Crippen LogP contribution is -2.37. The van der Waals surface area contributed by atoms with Gasteiger partial charge in [0.2, 0.25) is 5.91 Å². The number of carbonyl (C=O) groups excluding carboxylic acids is 1. The molecule has 148 valence electrons. The summed E-state index contributed by atoms with van der Waals surface area (Å²) in [6.07, 6.45) is 8.96. The SMILES string of the molecule is Cc1nc(NC2CC(C)NN2)cc(C2CCCN2C(=O)C2CCCCC2)n1. The molecule has 27 heavy (non-hydrogen) atoms. The van der Waals surface area contributed by atoms with E-state index >= 15 is 0 Å². The number of anilines is 1. The number of nitrogens with one attached hydrogen (secondary N) is 3. The molecule has 1 aliphatic carbocycles. The number of amides is 1. The van der Waals surface area contributed by atoms with E-state index in [-0.39, 0.29) is 18.1 Å². The number of hydrazine groups is 1. The molecule has 3 aliphatic rings. The highest BCUT2D eigenvalue weighted by molar-refractivity contribution is 5.79. The van der Waals surface area contributed by atoms with E-state index in [1.54, 1.807) is 0 Å². The van der Waals surface area contributed by atoms with Gasteiger partial charge in [0.1, 0.15) is 11.6 Å². The Hall–Kier alpha value is -1.73. The minimum atomic E-state index is 0.0928. The highest BCUT2D eigenvalue weighted by atomic mass is 16.2. The molecular formula is C20H32N6O. The molecule has 1 aromatic rings. The van der Waals surface area contributed by atoms with Crippen molar-refractivity contribution in [3.8, 4) is 0 Å². The fourth-order valence-corrected chi connectivity index (χ4v) is 4.75. The van der Waals surface area contributed by atoms with E-state index < -0.39 is 0 Å². The Labute approximate surface area is 161 Å². The number of nitrogens with zero attached hydrogens (tertiary/aromatic N) is 3. The van der Waals surface area contributed by atoms with Crippen molar-refractivity contribution in [2.75, 3.05) is 11.9 Å². The molecule has 7 heteroatoms. The third-order valence-corrected chi connectivity index (χ3v) is 6.10. The van der Waals surface area contributed by atoms with Crippen LogP contribution in [0.2, 0.25) is 0 Å². The number of aryl methyl sites for hydroxylation is 1. The van der Waals surface area contributed by atoms with Crippen LogP contribution in [0.25, 0.3) is 0 Å². The summed E-state index contributed by atoms with van der Waals surface area (Å²) in [6.45, 7) is 4.94. The summed E-state index contributed by atoms with van der Waals surface area (Å²) < 4.78 is 0. The van der Waals surface area contributed by atoms with Crippen molar-refractivity contribution in [2.45, 2.75) is 83.5 Å². The van der Waals surface area contributed by atoms with Crippen LogP contribution in [0.4, 0.5) is 5.82 Å². The molecule has 3 unspecified atom stereocenters. The number of likely N-dealkylation sites (tertiary alicyclic amines) is 1. The van der Waals surface area contributed by atoms with Gasteiger partial charge in [0.25, 0.3) is 0 Å². The van der Waals surface area contributed by atoms with Crippen LogP contribution in [0.5, 0.6) is 0 Å². The van der Waals surface area contributed by atoms with Crippen molar-refractivity contribution in [1.82, 2.24) is 25.7 Å². The standard InChI is InChI=1S/C20H32N6O/c1-13-11-19(25-24-13)23-18-12-16(21-14(2)22-18)17-9-6-10-26(17)20(27)15-7-4-3-5-8-15/h12-13,15,17,19,24-25H,3-11H2,1-2H3,(H,21,22,23). The molecule has 0 bridgehead atoms. The summed E-state index contributed by atoms with van der Waals surface area (Å²) in [7, 11) is 0. The fourth-order valence-electron chi connectivity index (χ4n) is 4.75. The maximum atomic E-state index is 13.1. The van der Waals surface area contributed by atoms with Gasteiger partial charge in [0, 0.05) is 24.6 Å². The molecule has 3 N–H and O–H groups in total. The first-order chi connectivity index (χ1) is 13.1. The van der Waals surface area contributed by atoms with Crippen LogP contribution in [-0.2, 0) is 4.79 Å². The highest BCUT2D eigenvalue weighted by Gasteiger charge is 2.35. The smallest absolute Gasteiger partial charge is 0.226 e. The lowest BCUT2D eigenvalue weighted by molar-refractivity contribution is -0.137. The van der Waals surface area contributed by atoms with Crippen molar-refractivity contribution in [3.63, 3.8) is 0 Å². The topological polar surface area (TPSA) is 82.2 Å². The van der Waals surface area contributed by atoms with Crippen LogP contribution in [-0.4, -0.2) is 39.5 Å². The second kappa shape index (κ2) is 8.10. The molecule has 2 saturated heterocycles. The first kappa shape index (κ1) is 18.6. The fraction of sp³-hybridized carbons (Fsp3) is 0.750. The van der Waals surface area contributed by atoms with E-state index in [1.807, 2.05) is 13.0 Å². The number of hydrogen-bond donors (Lipinski definition) is 3. The maximum Gasteiger partial charge on any atom is 0.226 e. The Morgan fingerprint density at radius 3 is 2.70 bits per heavy atom. The van der Waals surface area contributed by atoms with Gasteiger partial charge in [-0.1, -0.05) is 19.3 Å². The lowest BCUT2D eigenvalue weighted by atomic mass is 9.88. The molecule has 4 rings (SSSR count). The summed E-state index contributed by atoms with van der Waals surface area (Å²) in [5.74, 6) is 2.16. The largest absolute Gasteiger partial charge is 0.353 e. The van der Waals surface area contributed by atoms with Crippen molar-refractivity contribution >= 4 is 11.7 Å². The molecule has 3 heterocycles. The number of carbonyl (C=O) groups is 1. The maximum absolute atomic E-state index is 13.1. The van der Waals surface area contributed by atoms with Crippen LogP contribution >= 0.6 is 0 Å². The minimum absolute atomic E-state index is 0.0928. The van der Waals surface area contributed by atoms with Crippen LogP contribution < -0.4 is 16.2 Å². The molecule has 0 radical (unpaired) electrons. The zero-order valence-corrected chi connectivity index (χ0v) is 16.5. The van der Waals surface area contributed by atoms with Crippen molar-refractivity contribution in [1.29, 1.82) is 0 Å². The van der Waals surface area contributed by atoms with Gasteiger partial charge in [0.05, 0.1) is 17.9 Å². The van der Waals surface area contributed by atoms with Gasteiger partial charge in [-0.3, -0.25) is 10.2 Å². The number of rotatable bonds is 4. The molecular weight excluding hydrogens is 340 g/mol. The van der Waals surface area contributed by atoms with Crippen LogP contribution in [0.3, 0.4) is 0 Å². The van der Waals surface area contributed by atoms with Gasteiger partial charge < -0.3 is 10.2 Å². The number of aromatic nitrogens is 2. The third kappa shape index (κ3) is 4.24. The zero-order chi connectivity index (χ0) is 18.8. The first-order valence-electron chi connectivity index (χ1n) is 10.5. The molecule has 1 saturated carbocycles. The van der Waals surface area contributed by atoms with E-state index in [0.29, 0.717) is 11.9 Å². The van der Waals surface area contributed by atoms with Crippen LogP contribution in [0.1, 0.15) is 75.9 Å². The van der Waals surface area contributed by atoms with Crippen LogP contribution in [0.15, 0.2) is 6.07 Å². The van der Waals surface area contributed by atoms with Gasteiger partial charge in [-0.05, 0) is 46.0 Å². The average molecular weight is 373 g/mol. The van der Waals surface area contributed by atoms with E-state index in [9.17, 15) is 4.79 Å². The average Bonchev–Trinajstić information content (AvgIpc) is 3.30. The van der Waals surface area contributed by atoms with Gasteiger partial charge in [-0.25, -0.2) is 15.4 Å². The quantitative estimate of drug-likeness (QED) is 0.754. The first-order valence-corrected chi connectivity index (χ1v) is 10.5. The van der Waals surface area contributed by atoms with Gasteiger partial charge in [-0.15, -0.1) is 0 Å². The highest BCUT2D eigenvalue weighted by Crippen LogP contribution is 2.35. The van der Waals surface area contributed by atoms with Crippen molar-refractivity contribution < 1.29 is 4.79 Å². The molecule has 1 amide bonds. The summed E-state index contributed by atoms with van der Waals surface area (Å²) >= 11 is 0. The third-order valence-electron chi connectivity index (χ3n) is 6.10. The molecule has 2 aliphatic heterocycles. The minimum Gasteiger partial charge on any atom is -0.353 e. The Morgan fingerprint density at radius 1 is 1.15 bits per heavy atom. The summed E-state index contributed by atoms with van der Waals surface area (Å²) in [6, 6.07) is 2.56. The van der Waals surface area contributed by atoms with E-state index in [2.05, 4.69) is 33.0 Å². The second-order valence-corrected chi connectivity index (χ2v) is 8.37. The van der Waals surface area contributed by atoms with Crippen molar-refractivity contribution in [3.05, 3.63) is 17.6 Å². The van der Waals surface area contributed by atoms with Gasteiger partial charge in [0.15, 0.2) is 0 Å². The molecule has 1 aromatic heterocycles. The normalized spacial score (nSPS) is 29.3. The van der Waals surface area contributed by atoms with Crippen molar-refractivity contribution in [2.24, 2.45) is 5.92 Å². The predicted octanol–water partition coefficient (Wildman–Crippen LogP) is 2.65. The zero-order valence-electron chi connectivity index (χ0n) is 16.5. The molecule has 3 fully saturated rings. The Balaban J connectivity index is 1.50. The molecule has 3 atom stereocenters. The molecule has 7 nitrogen and oxygen atoms in total. The molecule has 0 aromatic carbocycles. The van der Waals surface area contributed by atoms with Gasteiger partial charge >= 0.3 is 0 Å². The lowest BCUT2D eigenvalue weighted by Gasteiger charge is -2.30. The van der Waals surface area contributed by atoms with E-state index in [4.69, 9.17) is 4.98 Å². The van der Waals surface area contributed by atoms with E-state index in [1.165, 1.54) is 19.3 Å².